The monoisotopic (exact) mass is 414 g/mol. The van der Waals surface area contributed by atoms with Crippen molar-refractivity contribution in [1.82, 2.24) is 4.90 Å². The topological polar surface area (TPSA) is 67.9 Å². The summed E-state index contributed by atoms with van der Waals surface area (Å²) in [4.78, 5) is 26.4. The molecule has 0 spiro atoms. The number of carbonyl (C=O) groups excluding carboxylic acids is 2. The zero-order valence-corrected chi connectivity index (χ0v) is 17.6. The van der Waals surface area contributed by atoms with Gasteiger partial charge in [-0.25, -0.2) is 0 Å². The van der Waals surface area contributed by atoms with Crippen LogP contribution in [0.1, 0.15) is 18.1 Å². The summed E-state index contributed by atoms with van der Waals surface area (Å²) >= 11 is 1.32. The molecule has 2 amide bonds. The second-order valence-corrected chi connectivity index (χ2v) is 7.78. The molecule has 0 saturated heterocycles. The van der Waals surface area contributed by atoms with Crippen molar-refractivity contribution < 1.29 is 19.1 Å². The Hall–Kier alpha value is -2.67. The summed E-state index contributed by atoms with van der Waals surface area (Å²) in [6.45, 7) is 6.12. The maximum Gasteiger partial charge on any atom is 0.234 e. The molecule has 0 saturated carbocycles. The lowest BCUT2D eigenvalue weighted by Gasteiger charge is -2.23. The van der Waals surface area contributed by atoms with Gasteiger partial charge in [-0.2, -0.15) is 0 Å². The van der Waals surface area contributed by atoms with E-state index >= 15 is 0 Å². The van der Waals surface area contributed by atoms with Gasteiger partial charge in [0.1, 0.15) is 13.2 Å². The van der Waals surface area contributed by atoms with Crippen LogP contribution in [0, 0.1) is 6.92 Å². The predicted octanol–water partition coefficient (Wildman–Crippen LogP) is 3.49. The van der Waals surface area contributed by atoms with E-state index in [1.54, 1.807) is 4.90 Å². The number of hydrogen-bond acceptors (Lipinski definition) is 5. The highest BCUT2D eigenvalue weighted by atomic mass is 32.2. The summed E-state index contributed by atoms with van der Waals surface area (Å²) < 4.78 is 11.1. The minimum Gasteiger partial charge on any atom is -0.486 e. The number of nitrogens with one attached hydrogen (secondary N) is 1. The fourth-order valence-corrected chi connectivity index (χ4v) is 3.74. The van der Waals surface area contributed by atoms with Crippen LogP contribution in [-0.2, 0) is 16.1 Å². The number of carbonyl (C=O) groups is 2. The number of anilines is 1. The molecule has 7 heteroatoms. The number of hydrogen-bond donors (Lipinski definition) is 1. The third-order valence-corrected chi connectivity index (χ3v) is 5.39. The molecule has 154 valence electrons. The van der Waals surface area contributed by atoms with E-state index in [1.807, 2.05) is 56.3 Å². The van der Waals surface area contributed by atoms with Crippen LogP contribution >= 0.6 is 11.8 Å². The van der Waals surface area contributed by atoms with Gasteiger partial charge in [0.25, 0.3) is 0 Å². The van der Waals surface area contributed by atoms with Gasteiger partial charge < -0.3 is 19.7 Å². The van der Waals surface area contributed by atoms with Gasteiger partial charge in [-0.05, 0) is 49.2 Å². The lowest BCUT2D eigenvalue weighted by Crippen LogP contribution is -2.32. The molecule has 2 aromatic carbocycles. The maximum absolute atomic E-state index is 12.6. The maximum atomic E-state index is 12.6. The zero-order chi connectivity index (χ0) is 20.6. The average Bonchev–Trinajstić information content (AvgIpc) is 2.71. The molecule has 0 atom stereocenters. The van der Waals surface area contributed by atoms with Crippen LogP contribution in [0.3, 0.4) is 0 Å². The summed E-state index contributed by atoms with van der Waals surface area (Å²) in [6, 6.07) is 13.4. The fourth-order valence-electron chi connectivity index (χ4n) is 3.03. The number of ether oxygens (including phenoxy) is 2. The van der Waals surface area contributed by atoms with Crippen LogP contribution in [0.25, 0.3) is 0 Å². The van der Waals surface area contributed by atoms with Gasteiger partial charge in [-0.1, -0.05) is 18.2 Å². The van der Waals surface area contributed by atoms with Crippen molar-refractivity contribution in [3.63, 3.8) is 0 Å². The lowest BCUT2D eigenvalue weighted by atomic mass is 10.2. The van der Waals surface area contributed by atoms with Crippen LogP contribution in [0.5, 0.6) is 11.5 Å². The number of amides is 2. The van der Waals surface area contributed by atoms with Crippen molar-refractivity contribution in [1.29, 1.82) is 0 Å². The summed E-state index contributed by atoms with van der Waals surface area (Å²) in [5.74, 6) is 1.86. The van der Waals surface area contributed by atoms with Crippen molar-refractivity contribution >= 4 is 29.3 Å². The van der Waals surface area contributed by atoms with E-state index in [2.05, 4.69) is 5.32 Å². The Balaban J connectivity index is 1.46. The molecule has 0 aromatic heterocycles. The van der Waals surface area contributed by atoms with E-state index in [0.29, 0.717) is 26.3 Å². The number of benzene rings is 2. The van der Waals surface area contributed by atoms with Crippen LogP contribution in [0.15, 0.2) is 42.5 Å². The van der Waals surface area contributed by atoms with E-state index in [0.717, 1.165) is 28.3 Å². The molecule has 0 aliphatic carbocycles. The second kappa shape index (κ2) is 10.2. The number of nitrogens with zero attached hydrogens (tertiary/aromatic N) is 1. The molecule has 0 fully saturated rings. The molecule has 0 radical (unpaired) electrons. The van der Waals surface area contributed by atoms with Crippen LogP contribution in [0.4, 0.5) is 5.69 Å². The summed E-state index contributed by atoms with van der Waals surface area (Å²) in [6.07, 6.45) is 0. The Morgan fingerprint density at radius 3 is 2.62 bits per heavy atom. The first-order valence-electron chi connectivity index (χ1n) is 9.65. The Kier molecular flexibility index (Phi) is 7.41. The molecule has 6 nitrogen and oxygen atoms in total. The highest BCUT2D eigenvalue weighted by Gasteiger charge is 2.16. The molecular weight excluding hydrogens is 388 g/mol. The van der Waals surface area contributed by atoms with Gasteiger partial charge >= 0.3 is 0 Å². The lowest BCUT2D eigenvalue weighted by molar-refractivity contribution is -0.128. The first-order chi connectivity index (χ1) is 14.0. The molecular formula is C22H26N2O4S. The smallest absolute Gasteiger partial charge is 0.234 e. The first kappa shape index (κ1) is 21.0. The van der Waals surface area contributed by atoms with Gasteiger partial charge in [-0.3, -0.25) is 9.59 Å². The van der Waals surface area contributed by atoms with Gasteiger partial charge in [0, 0.05) is 18.8 Å². The molecule has 0 bridgehead atoms. The van der Waals surface area contributed by atoms with Gasteiger partial charge in [0.05, 0.1) is 11.5 Å². The van der Waals surface area contributed by atoms with E-state index in [-0.39, 0.29) is 23.3 Å². The van der Waals surface area contributed by atoms with Crippen molar-refractivity contribution in [2.75, 3.05) is 36.6 Å². The third kappa shape index (κ3) is 6.15. The SMILES string of the molecule is CCN(Cc1ccc2c(c1)OCCO2)C(=O)CSCC(=O)Nc1cccc(C)c1. The molecule has 1 aliphatic rings. The molecule has 29 heavy (non-hydrogen) atoms. The Morgan fingerprint density at radius 2 is 1.86 bits per heavy atom. The van der Waals surface area contributed by atoms with Crippen LogP contribution < -0.4 is 14.8 Å². The van der Waals surface area contributed by atoms with Crippen molar-refractivity contribution in [3.8, 4) is 11.5 Å². The third-order valence-electron chi connectivity index (χ3n) is 4.47. The number of rotatable bonds is 8. The Bertz CT molecular complexity index is 872. The van der Waals surface area contributed by atoms with Crippen LogP contribution in [-0.4, -0.2) is 48.0 Å². The predicted molar refractivity (Wildman–Crippen MR) is 116 cm³/mol. The molecule has 1 N–H and O–H groups in total. The molecule has 0 unspecified atom stereocenters. The largest absolute Gasteiger partial charge is 0.486 e. The zero-order valence-electron chi connectivity index (χ0n) is 16.8. The fraction of sp³-hybridized carbons (Fsp3) is 0.364. The molecule has 2 aromatic rings. The standard InChI is InChI=1S/C22H26N2O4S/c1-3-24(13-17-7-8-19-20(12-17)28-10-9-27-19)22(26)15-29-14-21(25)23-18-6-4-5-16(2)11-18/h4-8,11-12H,3,9-10,13-15H2,1-2H3,(H,23,25). The average molecular weight is 415 g/mol. The summed E-state index contributed by atoms with van der Waals surface area (Å²) in [5.41, 5.74) is 2.85. The van der Waals surface area contributed by atoms with Crippen molar-refractivity contribution in [2.24, 2.45) is 0 Å². The minimum atomic E-state index is -0.108. The molecule has 3 rings (SSSR count). The minimum absolute atomic E-state index is 0.00995. The van der Waals surface area contributed by atoms with Gasteiger partial charge in [-0.15, -0.1) is 11.8 Å². The highest BCUT2D eigenvalue weighted by molar-refractivity contribution is 8.00. The van der Waals surface area contributed by atoms with E-state index in [1.165, 1.54) is 11.8 Å². The normalized spacial score (nSPS) is 12.3. The van der Waals surface area contributed by atoms with Crippen LogP contribution in [0.2, 0.25) is 0 Å². The van der Waals surface area contributed by atoms with E-state index in [9.17, 15) is 9.59 Å². The van der Waals surface area contributed by atoms with Crippen molar-refractivity contribution in [3.05, 3.63) is 53.6 Å². The van der Waals surface area contributed by atoms with Gasteiger partial charge in [0.2, 0.25) is 11.8 Å². The van der Waals surface area contributed by atoms with E-state index in [4.69, 9.17) is 9.47 Å². The van der Waals surface area contributed by atoms with Gasteiger partial charge in [0.15, 0.2) is 11.5 Å². The first-order valence-corrected chi connectivity index (χ1v) is 10.8. The number of fused-ring (bicyclic) bond motifs is 1. The second-order valence-electron chi connectivity index (χ2n) is 6.80. The van der Waals surface area contributed by atoms with Crippen molar-refractivity contribution in [2.45, 2.75) is 20.4 Å². The summed E-state index contributed by atoms with van der Waals surface area (Å²) in [7, 11) is 0. The number of thioether (sulfide) groups is 1. The summed E-state index contributed by atoms with van der Waals surface area (Å²) in [5, 5.41) is 2.86. The number of aryl methyl sites for hydroxylation is 1. The Labute approximate surface area is 175 Å². The Morgan fingerprint density at radius 1 is 1.07 bits per heavy atom. The van der Waals surface area contributed by atoms with E-state index < -0.39 is 0 Å². The molecule has 1 aliphatic heterocycles. The quantitative estimate of drug-likeness (QED) is 0.716. The highest BCUT2D eigenvalue weighted by Crippen LogP contribution is 2.31. The molecule has 1 heterocycles.